The molecule has 1 fully saturated rings. The number of aliphatic hydroxyl groups excluding tert-OH is 1. The van der Waals surface area contributed by atoms with Gasteiger partial charge in [-0.3, -0.25) is 4.98 Å². The van der Waals surface area contributed by atoms with Crippen molar-refractivity contribution in [3.05, 3.63) is 41.6 Å². The number of rotatable bonds is 4. The average molecular weight is 271 g/mol. The predicted octanol–water partition coefficient (Wildman–Crippen LogP) is 3.54. The van der Waals surface area contributed by atoms with Crippen LogP contribution in [0.5, 0.6) is 0 Å². The minimum absolute atomic E-state index is 0.111. The van der Waals surface area contributed by atoms with Crippen LogP contribution in [0.2, 0.25) is 0 Å². The van der Waals surface area contributed by atoms with Gasteiger partial charge in [0.15, 0.2) is 0 Å². The van der Waals surface area contributed by atoms with Crippen molar-refractivity contribution in [3.63, 3.8) is 0 Å². The van der Waals surface area contributed by atoms with Crippen LogP contribution in [0.4, 0.5) is 0 Å². The van der Waals surface area contributed by atoms with Crippen molar-refractivity contribution in [1.29, 1.82) is 0 Å². The Morgan fingerprint density at radius 3 is 2.75 bits per heavy atom. The molecule has 1 aliphatic carbocycles. The quantitative estimate of drug-likeness (QED) is 0.925. The van der Waals surface area contributed by atoms with E-state index >= 15 is 0 Å². The van der Waals surface area contributed by atoms with E-state index in [1.165, 1.54) is 6.42 Å². The van der Waals surface area contributed by atoms with Crippen LogP contribution in [-0.4, -0.2) is 22.8 Å². The van der Waals surface area contributed by atoms with Crippen LogP contribution in [0.1, 0.15) is 43.0 Å². The number of benzene rings is 1. The lowest BCUT2D eigenvalue weighted by atomic mass is 9.75. The van der Waals surface area contributed by atoms with Crippen molar-refractivity contribution in [2.75, 3.05) is 7.11 Å². The van der Waals surface area contributed by atoms with E-state index in [1.807, 2.05) is 31.2 Å². The second-order valence-corrected chi connectivity index (χ2v) is 5.87. The molecular weight excluding hydrogens is 250 g/mol. The Balaban J connectivity index is 1.84. The molecule has 1 unspecified atom stereocenters. The van der Waals surface area contributed by atoms with E-state index in [-0.39, 0.29) is 5.60 Å². The monoisotopic (exact) mass is 271 g/mol. The van der Waals surface area contributed by atoms with Gasteiger partial charge in [-0.25, -0.2) is 0 Å². The SMILES string of the molecule is COC1(CC(O)c2ccc3nc(C)ccc3c2)CCC1. The standard InChI is InChI=1S/C17H21NO2/c1-12-4-5-13-10-14(6-7-15(13)18-12)16(19)11-17(20-2)8-3-9-17/h4-7,10,16,19H,3,8-9,11H2,1-2H3. The maximum atomic E-state index is 10.5. The zero-order chi connectivity index (χ0) is 14.2. The summed E-state index contributed by atoms with van der Waals surface area (Å²) in [7, 11) is 1.75. The molecule has 1 heterocycles. The third-order valence-electron chi connectivity index (χ3n) is 4.50. The fraction of sp³-hybridized carbons (Fsp3) is 0.471. The van der Waals surface area contributed by atoms with Gasteiger partial charge in [0.1, 0.15) is 0 Å². The first-order valence-electron chi connectivity index (χ1n) is 7.22. The summed E-state index contributed by atoms with van der Waals surface area (Å²) in [6.07, 6.45) is 3.50. The zero-order valence-electron chi connectivity index (χ0n) is 12.1. The molecule has 20 heavy (non-hydrogen) atoms. The predicted molar refractivity (Wildman–Crippen MR) is 79.6 cm³/mol. The molecule has 3 rings (SSSR count). The summed E-state index contributed by atoms with van der Waals surface area (Å²) < 4.78 is 5.60. The Bertz CT molecular complexity index is 614. The molecule has 0 radical (unpaired) electrons. The first-order chi connectivity index (χ1) is 9.62. The lowest BCUT2D eigenvalue weighted by molar-refractivity contribution is -0.0999. The van der Waals surface area contributed by atoms with E-state index in [1.54, 1.807) is 7.11 Å². The third-order valence-corrected chi connectivity index (χ3v) is 4.50. The fourth-order valence-electron chi connectivity index (χ4n) is 2.99. The lowest BCUT2D eigenvalue weighted by Gasteiger charge is -2.41. The van der Waals surface area contributed by atoms with Crippen molar-refractivity contribution in [2.24, 2.45) is 0 Å². The smallest absolute Gasteiger partial charge is 0.0817 e. The Kier molecular flexibility index (Phi) is 3.48. The van der Waals surface area contributed by atoms with Gasteiger partial charge in [0.25, 0.3) is 0 Å². The molecule has 2 aromatic rings. The number of aliphatic hydroxyl groups is 1. The summed E-state index contributed by atoms with van der Waals surface area (Å²) >= 11 is 0. The van der Waals surface area contributed by atoms with Gasteiger partial charge in [0.2, 0.25) is 0 Å². The number of hydrogen-bond donors (Lipinski definition) is 1. The molecule has 1 aromatic carbocycles. The topological polar surface area (TPSA) is 42.4 Å². The van der Waals surface area contributed by atoms with Gasteiger partial charge >= 0.3 is 0 Å². The van der Waals surface area contributed by atoms with Crippen LogP contribution in [0, 0.1) is 6.92 Å². The number of methoxy groups -OCH3 is 1. The normalized spacial score (nSPS) is 18.8. The highest BCUT2D eigenvalue weighted by atomic mass is 16.5. The number of ether oxygens (including phenoxy) is 1. The molecule has 0 spiro atoms. The van der Waals surface area contributed by atoms with Crippen LogP contribution in [0.25, 0.3) is 10.9 Å². The van der Waals surface area contributed by atoms with Gasteiger partial charge in [-0.15, -0.1) is 0 Å². The van der Waals surface area contributed by atoms with Gasteiger partial charge in [-0.05, 0) is 49.9 Å². The fourth-order valence-corrected chi connectivity index (χ4v) is 2.99. The van der Waals surface area contributed by atoms with Crippen LogP contribution in [0.3, 0.4) is 0 Å². The van der Waals surface area contributed by atoms with E-state index < -0.39 is 6.10 Å². The number of fused-ring (bicyclic) bond motifs is 1. The molecule has 1 N–H and O–H groups in total. The average Bonchev–Trinajstić information content (AvgIpc) is 2.42. The molecular formula is C17H21NO2. The van der Waals surface area contributed by atoms with E-state index in [0.29, 0.717) is 6.42 Å². The van der Waals surface area contributed by atoms with E-state index in [4.69, 9.17) is 4.74 Å². The first kappa shape index (κ1) is 13.5. The maximum absolute atomic E-state index is 10.5. The highest BCUT2D eigenvalue weighted by molar-refractivity contribution is 5.79. The summed E-state index contributed by atoms with van der Waals surface area (Å²) in [5, 5.41) is 11.5. The summed E-state index contributed by atoms with van der Waals surface area (Å²) in [4.78, 5) is 4.49. The molecule has 1 saturated carbocycles. The van der Waals surface area contributed by atoms with Gasteiger partial charge < -0.3 is 9.84 Å². The first-order valence-corrected chi connectivity index (χ1v) is 7.22. The molecule has 0 bridgehead atoms. The van der Waals surface area contributed by atoms with E-state index in [2.05, 4.69) is 11.1 Å². The van der Waals surface area contributed by atoms with Crippen molar-refractivity contribution in [3.8, 4) is 0 Å². The molecule has 3 nitrogen and oxygen atoms in total. The van der Waals surface area contributed by atoms with Crippen molar-refractivity contribution in [1.82, 2.24) is 4.98 Å². The van der Waals surface area contributed by atoms with Gasteiger partial charge in [-0.1, -0.05) is 12.1 Å². The number of pyridine rings is 1. The highest BCUT2D eigenvalue weighted by Gasteiger charge is 2.38. The lowest BCUT2D eigenvalue weighted by Crippen LogP contribution is -2.40. The number of aromatic nitrogens is 1. The zero-order valence-corrected chi connectivity index (χ0v) is 12.1. The molecule has 1 aliphatic rings. The minimum atomic E-state index is -0.471. The Morgan fingerprint density at radius 2 is 2.10 bits per heavy atom. The number of hydrogen-bond acceptors (Lipinski definition) is 3. The van der Waals surface area contributed by atoms with Gasteiger partial charge in [0.05, 0.1) is 17.2 Å². The largest absolute Gasteiger partial charge is 0.388 e. The van der Waals surface area contributed by atoms with Crippen LogP contribution in [0.15, 0.2) is 30.3 Å². The van der Waals surface area contributed by atoms with Gasteiger partial charge in [0, 0.05) is 24.6 Å². The molecule has 1 atom stereocenters. The molecule has 0 saturated heterocycles. The second-order valence-electron chi connectivity index (χ2n) is 5.87. The summed E-state index contributed by atoms with van der Waals surface area (Å²) in [6.45, 7) is 1.99. The van der Waals surface area contributed by atoms with E-state index in [9.17, 15) is 5.11 Å². The summed E-state index contributed by atoms with van der Waals surface area (Å²) in [6, 6.07) is 10.1. The number of aryl methyl sites for hydroxylation is 1. The molecule has 106 valence electrons. The Hall–Kier alpha value is -1.45. The van der Waals surface area contributed by atoms with Gasteiger partial charge in [-0.2, -0.15) is 0 Å². The van der Waals surface area contributed by atoms with Crippen LogP contribution < -0.4 is 0 Å². The van der Waals surface area contributed by atoms with Crippen LogP contribution in [-0.2, 0) is 4.74 Å². The Labute approximate surface area is 119 Å². The van der Waals surface area contributed by atoms with E-state index in [0.717, 1.165) is 35.0 Å². The molecule has 0 aliphatic heterocycles. The molecule has 1 aromatic heterocycles. The van der Waals surface area contributed by atoms with Crippen LogP contribution >= 0.6 is 0 Å². The summed E-state index contributed by atoms with van der Waals surface area (Å²) in [5.74, 6) is 0. The highest BCUT2D eigenvalue weighted by Crippen LogP contribution is 2.42. The maximum Gasteiger partial charge on any atom is 0.0817 e. The summed E-state index contributed by atoms with van der Waals surface area (Å²) in [5.41, 5.74) is 2.83. The van der Waals surface area contributed by atoms with Crippen molar-refractivity contribution >= 4 is 10.9 Å². The third kappa shape index (κ3) is 2.43. The second kappa shape index (κ2) is 5.15. The molecule has 0 amide bonds. The van der Waals surface area contributed by atoms with Crippen molar-refractivity contribution < 1.29 is 9.84 Å². The minimum Gasteiger partial charge on any atom is -0.388 e. The molecule has 3 heteroatoms. The number of nitrogens with zero attached hydrogens (tertiary/aromatic N) is 1. The Morgan fingerprint density at radius 1 is 1.30 bits per heavy atom. The van der Waals surface area contributed by atoms with Crippen molar-refractivity contribution in [2.45, 2.75) is 44.3 Å².